The fourth-order valence-corrected chi connectivity index (χ4v) is 3.14. The lowest BCUT2D eigenvalue weighted by Gasteiger charge is -2.28. The van der Waals surface area contributed by atoms with Gasteiger partial charge in [-0.1, -0.05) is 13.8 Å². The van der Waals surface area contributed by atoms with Crippen LogP contribution in [0.2, 0.25) is 0 Å². The molecule has 1 saturated heterocycles. The van der Waals surface area contributed by atoms with Gasteiger partial charge < -0.3 is 32.5 Å². The molecule has 154 valence electrons. The van der Waals surface area contributed by atoms with Gasteiger partial charge in [0.2, 0.25) is 11.8 Å². The van der Waals surface area contributed by atoms with E-state index in [0.717, 1.165) is 0 Å². The van der Waals surface area contributed by atoms with E-state index in [1.54, 1.807) is 0 Å². The van der Waals surface area contributed by atoms with Crippen LogP contribution in [0.4, 0.5) is 0 Å². The van der Waals surface area contributed by atoms with Crippen molar-refractivity contribution in [2.75, 3.05) is 13.1 Å². The molecule has 2 amide bonds. The number of guanidine groups is 1. The first-order valence-corrected chi connectivity index (χ1v) is 9.28. The third-order valence-corrected chi connectivity index (χ3v) is 4.44. The number of amides is 2. The van der Waals surface area contributed by atoms with Crippen LogP contribution in [0, 0.1) is 5.92 Å². The number of nitrogens with one attached hydrogen (secondary N) is 1. The van der Waals surface area contributed by atoms with Crippen molar-refractivity contribution in [3.63, 3.8) is 0 Å². The van der Waals surface area contributed by atoms with E-state index in [4.69, 9.17) is 17.2 Å². The van der Waals surface area contributed by atoms with Gasteiger partial charge in [0.1, 0.15) is 12.1 Å². The molecule has 0 spiro atoms. The van der Waals surface area contributed by atoms with Crippen LogP contribution >= 0.6 is 0 Å². The number of hydrogen-bond donors (Lipinski definition) is 5. The molecule has 1 rings (SSSR count). The standard InChI is InChI=1S/C17H32N6O4/c1-10(2)9-11(18)14(24)22-12(5-3-7-21-17(19)20)15(25)23-8-4-6-13(23)16(26)27/h10-13H,3-9,18H2,1-2H3,(H,22,24)(H,26,27)(H4,19,20,21)/t11-,12+,13+/m0/s1. The normalized spacial score (nSPS) is 18.8. The van der Waals surface area contributed by atoms with Crippen molar-refractivity contribution < 1.29 is 19.5 Å². The smallest absolute Gasteiger partial charge is 0.326 e. The summed E-state index contributed by atoms with van der Waals surface area (Å²) in [4.78, 5) is 41.8. The first kappa shape index (κ1) is 22.7. The molecule has 0 aromatic carbocycles. The number of carboxylic acid groups (broad SMARTS) is 1. The highest BCUT2D eigenvalue weighted by atomic mass is 16.4. The number of carboxylic acids is 1. The molecule has 0 unspecified atom stereocenters. The molecular formula is C17H32N6O4. The summed E-state index contributed by atoms with van der Waals surface area (Å²) < 4.78 is 0. The molecule has 8 N–H and O–H groups in total. The lowest BCUT2D eigenvalue weighted by atomic mass is 10.0. The Balaban J connectivity index is 2.82. The molecule has 27 heavy (non-hydrogen) atoms. The van der Waals surface area contributed by atoms with Crippen LogP contribution in [0.1, 0.15) is 46.0 Å². The van der Waals surface area contributed by atoms with Crippen LogP contribution in [0.3, 0.4) is 0 Å². The highest BCUT2D eigenvalue weighted by molar-refractivity contribution is 5.92. The molecule has 1 heterocycles. The van der Waals surface area contributed by atoms with E-state index >= 15 is 0 Å². The molecule has 0 aromatic heterocycles. The molecule has 0 aliphatic carbocycles. The molecule has 0 radical (unpaired) electrons. The number of carbonyl (C=O) groups is 3. The minimum Gasteiger partial charge on any atom is -0.480 e. The van der Waals surface area contributed by atoms with Crippen LogP contribution in [0.15, 0.2) is 4.99 Å². The fourth-order valence-electron chi connectivity index (χ4n) is 3.14. The second kappa shape index (κ2) is 10.7. The number of rotatable bonds is 10. The van der Waals surface area contributed by atoms with Crippen molar-refractivity contribution in [1.29, 1.82) is 0 Å². The molecule has 1 aliphatic heterocycles. The average molecular weight is 384 g/mol. The van der Waals surface area contributed by atoms with Gasteiger partial charge in [0.25, 0.3) is 0 Å². The number of carbonyl (C=O) groups excluding carboxylic acids is 2. The molecule has 0 saturated carbocycles. The molecule has 10 heteroatoms. The summed E-state index contributed by atoms with van der Waals surface area (Å²) in [6, 6.07) is -2.45. The minimum absolute atomic E-state index is 0.0497. The Morgan fingerprint density at radius 1 is 1.30 bits per heavy atom. The Kier molecular flexibility index (Phi) is 8.99. The maximum Gasteiger partial charge on any atom is 0.326 e. The quantitative estimate of drug-likeness (QED) is 0.182. The van der Waals surface area contributed by atoms with Gasteiger partial charge in [-0.25, -0.2) is 4.79 Å². The Hall–Kier alpha value is -2.36. The molecule has 10 nitrogen and oxygen atoms in total. The molecule has 3 atom stereocenters. The van der Waals surface area contributed by atoms with Gasteiger partial charge in [0.15, 0.2) is 5.96 Å². The van der Waals surface area contributed by atoms with Crippen molar-refractivity contribution >= 4 is 23.7 Å². The predicted octanol–water partition coefficient (Wildman–Crippen LogP) is -1.03. The summed E-state index contributed by atoms with van der Waals surface area (Å²) in [6.45, 7) is 4.57. The van der Waals surface area contributed by atoms with Gasteiger partial charge in [-0.2, -0.15) is 0 Å². The van der Waals surface area contributed by atoms with Crippen LogP contribution in [0.5, 0.6) is 0 Å². The minimum atomic E-state index is -1.04. The summed E-state index contributed by atoms with van der Waals surface area (Å²) >= 11 is 0. The van der Waals surface area contributed by atoms with Crippen molar-refractivity contribution in [3.05, 3.63) is 0 Å². The average Bonchev–Trinajstić information content (AvgIpc) is 3.05. The monoisotopic (exact) mass is 384 g/mol. The van der Waals surface area contributed by atoms with E-state index < -0.39 is 35.9 Å². The largest absolute Gasteiger partial charge is 0.480 e. The van der Waals surface area contributed by atoms with Crippen LogP contribution in [-0.4, -0.2) is 65.0 Å². The zero-order valence-corrected chi connectivity index (χ0v) is 16.1. The Labute approximate surface area is 159 Å². The molecule has 0 aromatic rings. The van der Waals surface area contributed by atoms with Crippen molar-refractivity contribution in [1.82, 2.24) is 10.2 Å². The first-order valence-electron chi connectivity index (χ1n) is 9.28. The number of nitrogens with zero attached hydrogens (tertiary/aromatic N) is 2. The second-order valence-electron chi connectivity index (χ2n) is 7.27. The summed E-state index contributed by atoms with van der Waals surface area (Å²) in [5.74, 6) is -1.68. The number of aliphatic carboxylic acids is 1. The lowest BCUT2D eigenvalue weighted by Crippen LogP contribution is -2.54. The topological polar surface area (TPSA) is 177 Å². The number of nitrogens with two attached hydrogens (primary N) is 3. The van der Waals surface area contributed by atoms with E-state index in [9.17, 15) is 19.5 Å². The molecule has 0 bridgehead atoms. The summed E-state index contributed by atoms with van der Waals surface area (Å²) in [6.07, 6.45) is 2.26. The maximum absolute atomic E-state index is 12.9. The van der Waals surface area contributed by atoms with Crippen LogP contribution in [-0.2, 0) is 14.4 Å². The summed E-state index contributed by atoms with van der Waals surface area (Å²) in [5.41, 5.74) is 16.5. The Bertz CT molecular complexity index is 562. The SMILES string of the molecule is CC(C)C[C@H](N)C(=O)N[C@H](CCCN=C(N)N)C(=O)N1CCC[C@@H]1C(=O)O. The fraction of sp³-hybridized carbons (Fsp3) is 0.765. The molecule has 1 fully saturated rings. The van der Waals surface area contributed by atoms with Crippen molar-refractivity contribution in [2.24, 2.45) is 28.1 Å². The van der Waals surface area contributed by atoms with E-state index in [-0.39, 0.29) is 11.9 Å². The third-order valence-electron chi connectivity index (χ3n) is 4.44. The van der Waals surface area contributed by atoms with Gasteiger partial charge in [-0.3, -0.25) is 14.6 Å². The number of likely N-dealkylation sites (tertiary alicyclic amines) is 1. The first-order chi connectivity index (χ1) is 12.6. The lowest BCUT2D eigenvalue weighted by molar-refractivity contribution is -0.149. The molecular weight excluding hydrogens is 352 g/mol. The van der Waals surface area contributed by atoms with Crippen molar-refractivity contribution in [3.8, 4) is 0 Å². The predicted molar refractivity (Wildman–Crippen MR) is 102 cm³/mol. The highest BCUT2D eigenvalue weighted by Crippen LogP contribution is 2.19. The third kappa shape index (κ3) is 7.41. The number of aliphatic imine (C=N–C) groups is 1. The number of hydrogen-bond acceptors (Lipinski definition) is 5. The summed E-state index contributed by atoms with van der Waals surface area (Å²) in [5, 5.41) is 12.0. The zero-order chi connectivity index (χ0) is 20.6. The van der Waals surface area contributed by atoms with E-state index in [0.29, 0.717) is 45.2 Å². The van der Waals surface area contributed by atoms with Crippen LogP contribution in [0.25, 0.3) is 0 Å². The van der Waals surface area contributed by atoms with Gasteiger partial charge in [-0.15, -0.1) is 0 Å². The van der Waals surface area contributed by atoms with E-state index in [2.05, 4.69) is 10.3 Å². The van der Waals surface area contributed by atoms with Gasteiger partial charge in [0.05, 0.1) is 6.04 Å². The maximum atomic E-state index is 12.9. The summed E-state index contributed by atoms with van der Waals surface area (Å²) in [7, 11) is 0. The van der Waals surface area contributed by atoms with Gasteiger partial charge >= 0.3 is 5.97 Å². The Morgan fingerprint density at radius 2 is 1.96 bits per heavy atom. The zero-order valence-electron chi connectivity index (χ0n) is 16.1. The van der Waals surface area contributed by atoms with Gasteiger partial charge in [-0.05, 0) is 38.0 Å². The van der Waals surface area contributed by atoms with E-state index in [1.165, 1.54) is 4.90 Å². The van der Waals surface area contributed by atoms with E-state index in [1.807, 2.05) is 13.8 Å². The van der Waals surface area contributed by atoms with Crippen molar-refractivity contribution in [2.45, 2.75) is 64.1 Å². The van der Waals surface area contributed by atoms with Gasteiger partial charge in [0, 0.05) is 13.1 Å². The van der Waals surface area contributed by atoms with Crippen LogP contribution < -0.4 is 22.5 Å². The second-order valence-corrected chi connectivity index (χ2v) is 7.27. The Morgan fingerprint density at radius 3 is 2.52 bits per heavy atom. The highest BCUT2D eigenvalue weighted by Gasteiger charge is 2.37. The molecule has 1 aliphatic rings.